The zero-order chi connectivity index (χ0) is 23.4. The van der Waals surface area contributed by atoms with Crippen LogP contribution in [0.1, 0.15) is 36.5 Å². The lowest BCUT2D eigenvalue weighted by molar-refractivity contribution is -0.139. The molecule has 2 aromatic carbocycles. The van der Waals surface area contributed by atoms with Gasteiger partial charge in [-0.25, -0.2) is 0 Å². The molecule has 0 bridgehead atoms. The molecule has 0 unspecified atom stereocenters. The van der Waals surface area contributed by atoms with E-state index in [1.54, 1.807) is 13.0 Å². The van der Waals surface area contributed by atoms with E-state index < -0.39 is 11.7 Å². The molecule has 0 aromatic heterocycles. The van der Waals surface area contributed by atoms with E-state index >= 15 is 0 Å². The summed E-state index contributed by atoms with van der Waals surface area (Å²) in [6, 6.07) is 11.2. The number of hydrogen-bond acceptors (Lipinski definition) is 4. The molecule has 1 amide bonds. The van der Waals surface area contributed by atoms with Crippen molar-refractivity contribution in [3.63, 3.8) is 0 Å². The number of benzene rings is 2. The Labute approximate surface area is 192 Å². The summed E-state index contributed by atoms with van der Waals surface area (Å²) in [6.45, 7) is 5.30. The Bertz CT molecular complexity index is 976. The number of nitrogens with zero attached hydrogens (tertiary/aromatic N) is 2. The largest absolute Gasteiger partial charge is 0.492 e. The standard InChI is InChI=1S/C25H30F3N3O2/c1-2-31(16-19-6-3-4-7-21(19)25(26,27)28)24(32)14-29-22-8-5-9-23-20(22)17-30(12-13-33-23)15-18-10-11-18/h3-9,18,29H,2,10-17H2,1H3. The van der Waals surface area contributed by atoms with Crippen LogP contribution >= 0.6 is 0 Å². The van der Waals surface area contributed by atoms with Gasteiger partial charge < -0.3 is 15.0 Å². The Balaban J connectivity index is 1.43. The fourth-order valence-corrected chi connectivity index (χ4v) is 4.24. The monoisotopic (exact) mass is 461 g/mol. The van der Waals surface area contributed by atoms with Crippen molar-refractivity contribution in [3.05, 3.63) is 59.2 Å². The molecule has 4 rings (SSSR count). The molecule has 1 fully saturated rings. The second-order valence-electron chi connectivity index (χ2n) is 8.73. The van der Waals surface area contributed by atoms with Crippen LogP contribution in [0.4, 0.5) is 18.9 Å². The maximum atomic E-state index is 13.3. The number of hydrogen-bond donors (Lipinski definition) is 1. The number of rotatable bonds is 8. The SMILES string of the molecule is CCN(Cc1ccccc1C(F)(F)F)C(=O)CNc1cccc2c1CN(CC1CC1)CCO2. The first-order valence-electron chi connectivity index (χ1n) is 11.5. The predicted octanol–water partition coefficient (Wildman–Crippen LogP) is 4.77. The van der Waals surface area contributed by atoms with E-state index in [2.05, 4.69) is 10.2 Å². The van der Waals surface area contributed by atoms with Gasteiger partial charge in [0.2, 0.25) is 5.91 Å². The first kappa shape index (κ1) is 23.4. The van der Waals surface area contributed by atoms with E-state index in [4.69, 9.17) is 4.74 Å². The third-order valence-electron chi connectivity index (χ3n) is 6.24. The molecular weight excluding hydrogens is 431 g/mol. The summed E-state index contributed by atoms with van der Waals surface area (Å²) in [5, 5.41) is 3.22. The average molecular weight is 462 g/mol. The van der Waals surface area contributed by atoms with Gasteiger partial charge in [0.1, 0.15) is 12.4 Å². The van der Waals surface area contributed by atoms with Crippen molar-refractivity contribution in [1.82, 2.24) is 9.80 Å². The van der Waals surface area contributed by atoms with Crippen molar-refractivity contribution in [2.24, 2.45) is 5.92 Å². The van der Waals surface area contributed by atoms with E-state index in [0.717, 1.165) is 48.6 Å². The van der Waals surface area contributed by atoms with Crippen LogP contribution in [-0.4, -0.2) is 48.5 Å². The third kappa shape index (κ3) is 5.99. The highest BCUT2D eigenvalue weighted by molar-refractivity contribution is 5.81. The van der Waals surface area contributed by atoms with Crippen LogP contribution in [0.3, 0.4) is 0 Å². The first-order chi connectivity index (χ1) is 15.8. The zero-order valence-corrected chi connectivity index (χ0v) is 18.8. The molecule has 33 heavy (non-hydrogen) atoms. The van der Waals surface area contributed by atoms with Gasteiger partial charge in [0.25, 0.3) is 0 Å². The molecule has 0 radical (unpaired) electrons. The molecule has 1 saturated carbocycles. The van der Waals surface area contributed by atoms with Gasteiger partial charge >= 0.3 is 6.18 Å². The molecule has 5 nitrogen and oxygen atoms in total. The quantitative estimate of drug-likeness (QED) is 0.615. The molecule has 178 valence electrons. The van der Waals surface area contributed by atoms with Gasteiger partial charge in [-0.1, -0.05) is 24.3 Å². The smallest absolute Gasteiger partial charge is 0.416 e. The first-order valence-corrected chi connectivity index (χ1v) is 11.5. The number of alkyl halides is 3. The van der Waals surface area contributed by atoms with Gasteiger partial charge in [0.05, 0.1) is 12.1 Å². The number of carbonyl (C=O) groups is 1. The Hall–Kier alpha value is -2.74. The summed E-state index contributed by atoms with van der Waals surface area (Å²) in [5.74, 6) is 1.33. The van der Waals surface area contributed by atoms with Gasteiger partial charge in [-0.15, -0.1) is 0 Å². The number of anilines is 1. The summed E-state index contributed by atoms with van der Waals surface area (Å²) >= 11 is 0. The molecule has 2 aliphatic rings. The number of likely N-dealkylation sites (N-methyl/N-ethyl adjacent to an activating group) is 1. The van der Waals surface area contributed by atoms with Crippen molar-refractivity contribution in [2.75, 3.05) is 38.1 Å². The highest BCUT2D eigenvalue weighted by Crippen LogP contribution is 2.34. The molecule has 1 aliphatic carbocycles. The molecule has 2 aromatic rings. The molecule has 1 N–H and O–H groups in total. The Morgan fingerprint density at radius 1 is 1.18 bits per heavy atom. The van der Waals surface area contributed by atoms with Crippen LogP contribution in [-0.2, 0) is 24.1 Å². The van der Waals surface area contributed by atoms with Crippen LogP contribution in [0.2, 0.25) is 0 Å². The fraction of sp³-hybridized carbons (Fsp3) is 0.480. The van der Waals surface area contributed by atoms with Crippen LogP contribution in [0.25, 0.3) is 0 Å². The Kier molecular flexibility index (Phi) is 7.12. The minimum Gasteiger partial charge on any atom is -0.492 e. The second kappa shape index (κ2) is 10.0. The fourth-order valence-electron chi connectivity index (χ4n) is 4.24. The number of carbonyl (C=O) groups excluding carboxylic acids is 1. The molecule has 0 atom stereocenters. The van der Waals surface area contributed by atoms with Gasteiger partial charge in [0.15, 0.2) is 0 Å². The Morgan fingerprint density at radius 3 is 2.70 bits per heavy atom. The number of nitrogens with one attached hydrogen (secondary N) is 1. The summed E-state index contributed by atoms with van der Waals surface area (Å²) in [4.78, 5) is 16.7. The summed E-state index contributed by atoms with van der Waals surface area (Å²) in [7, 11) is 0. The van der Waals surface area contributed by atoms with Gasteiger partial charge in [-0.05, 0) is 49.4 Å². The summed E-state index contributed by atoms with van der Waals surface area (Å²) in [5.41, 5.74) is 1.24. The van der Waals surface area contributed by atoms with Gasteiger partial charge in [0, 0.05) is 44.0 Å². The molecule has 0 saturated heterocycles. The van der Waals surface area contributed by atoms with Crippen molar-refractivity contribution < 1.29 is 22.7 Å². The second-order valence-corrected chi connectivity index (χ2v) is 8.73. The van der Waals surface area contributed by atoms with Crippen LogP contribution in [0, 0.1) is 5.92 Å². The maximum absolute atomic E-state index is 13.3. The topological polar surface area (TPSA) is 44.8 Å². The number of amides is 1. The lowest BCUT2D eigenvalue weighted by Crippen LogP contribution is -2.35. The van der Waals surface area contributed by atoms with E-state index in [0.29, 0.717) is 13.2 Å². The van der Waals surface area contributed by atoms with E-state index in [1.807, 2.05) is 18.2 Å². The predicted molar refractivity (Wildman–Crippen MR) is 121 cm³/mol. The lowest BCUT2D eigenvalue weighted by Gasteiger charge is -2.24. The van der Waals surface area contributed by atoms with Crippen LogP contribution in [0.5, 0.6) is 5.75 Å². The maximum Gasteiger partial charge on any atom is 0.416 e. The zero-order valence-electron chi connectivity index (χ0n) is 18.8. The highest BCUT2D eigenvalue weighted by atomic mass is 19.4. The minimum atomic E-state index is -4.45. The van der Waals surface area contributed by atoms with Crippen molar-refractivity contribution in [1.29, 1.82) is 0 Å². The highest BCUT2D eigenvalue weighted by Gasteiger charge is 2.33. The molecule has 0 spiro atoms. The molecular formula is C25H30F3N3O2. The Morgan fingerprint density at radius 2 is 1.97 bits per heavy atom. The van der Waals surface area contributed by atoms with Crippen molar-refractivity contribution in [2.45, 2.75) is 39.0 Å². The molecule has 1 aliphatic heterocycles. The minimum absolute atomic E-state index is 0.00109. The normalized spacial score (nSPS) is 16.5. The van der Waals surface area contributed by atoms with Crippen LogP contribution in [0.15, 0.2) is 42.5 Å². The van der Waals surface area contributed by atoms with Crippen molar-refractivity contribution >= 4 is 11.6 Å². The van der Waals surface area contributed by atoms with Gasteiger partial charge in [-0.3, -0.25) is 9.69 Å². The average Bonchev–Trinajstić information content (AvgIpc) is 3.62. The molecule has 1 heterocycles. The van der Waals surface area contributed by atoms with Crippen LogP contribution < -0.4 is 10.1 Å². The summed E-state index contributed by atoms with van der Waals surface area (Å²) < 4.78 is 46.0. The number of fused-ring (bicyclic) bond motifs is 1. The van der Waals surface area contributed by atoms with Gasteiger partial charge in [-0.2, -0.15) is 13.2 Å². The third-order valence-corrected chi connectivity index (χ3v) is 6.24. The number of halogens is 3. The summed E-state index contributed by atoms with van der Waals surface area (Å²) in [6.07, 6.45) is -1.89. The lowest BCUT2D eigenvalue weighted by atomic mass is 10.1. The van der Waals surface area contributed by atoms with E-state index in [9.17, 15) is 18.0 Å². The van der Waals surface area contributed by atoms with E-state index in [-0.39, 0.29) is 24.6 Å². The van der Waals surface area contributed by atoms with Crippen molar-refractivity contribution in [3.8, 4) is 5.75 Å². The molecule has 8 heteroatoms. The number of ether oxygens (including phenoxy) is 1. The van der Waals surface area contributed by atoms with E-state index in [1.165, 1.54) is 29.9 Å².